The average molecular weight is 413 g/mol. The lowest BCUT2D eigenvalue weighted by atomic mass is 10.2. The molecule has 0 fully saturated rings. The molecule has 0 saturated carbocycles. The Hall–Kier alpha value is -2.42. The lowest BCUT2D eigenvalue weighted by Gasteiger charge is -2.05. The van der Waals surface area contributed by atoms with Gasteiger partial charge in [0.05, 0.1) is 11.1 Å². The number of aryl methyl sites for hydroxylation is 1. The van der Waals surface area contributed by atoms with Crippen LogP contribution in [-0.4, -0.2) is 18.9 Å². The summed E-state index contributed by atoms with van der Waals surface area (Å²) in [6.45, 7) is 0. The summed E-state index contributed by atoms with van der Waals surface area (Å²) in [7, 11) is 1.59. The molecule has 0 bridgehead atoms. The van der Waals surface area contributed by atoms with Gasteiger partial charge in [0.15, 0.2) is 17.3 Å². The molecule has 4 nitrogen and oxygen atoms in total. The third-order valence-electron chi connectivity index (χ3n) is 3.96. The maximum atomic E-state index is 14.6. The second-order valence-electron chi connectivity index (χ2n) is 5.51. The zero-order valence-corrected chi connectivity index (χ0v) is 14.2. The van der Waals surface area contributed by atoms with Crippen LogP contribution < -0.4 is 0 Å². The minimum atomic E-state index is -4.52. The van der Waals surface area contributed by atoms with Gasteiger partial charge < -0.3 is 8.97 Å². The van der Waals surface area contributed by atoms with E-state index in [4.69, 9.17) is 0 Å². The molecule has 9 heteroatoms. The van der Waals surface area contributed by atoms with E-state index in [1.54, 1.807) is 29.8 Å². The molecular weight excluding hydrogens is 404 g/mol. The van der Waals surface area contributed by atoms with E-state index in [-0.39, 0.29) is 22.7 Å². The van der Waals surface area contributed by atoms with E-state index in [1.807, 2.05) is 0 Å². The van der Waals surface area contributed by atoms with Crippen LogP contribution >= 0.6 is 15.9 Å². The quantitative estimate of drug-likeness (QED) is 0.420. The highest BCUT2D eigenvalue weighted by Crippen LogP contribution is 2.33. The van der Waals surface area contributed by atoms with Crippen LogP contribution in [0, 0.1) is 5.82 Å². The summed E-state index contributed by atoms with van der Waals surface area (Å²) in [5.41, 5.74) is 0.147. The number of pyridine rings is 2. The molecule has 25 heavy (non-hydrogen) atoms. The van der Waals surface area contributed by atoms with E-state index in [0.717, 1.165) is 12.3 Å². The standard InChI is InChI=1S/C16H9BrF4N4/c1-24-14-11(5-8(7-22-14)16(19,20)21)23-15(24)13-10(18)6-12-9(17)3-2-4-25(12)13/h2-7H,1H3. The van der Waals surface area contributed by atoms with Crippen LogP contribution in [0.25, 0.3) is 28.2 Å². The Morgan fingerprint density at radius 1 is 1.20 bits per heavy atom. The number of hydrogen-bond donors (Lipinski definition) is 0. The molecule has 4 aromatic heterocycles. The van der Waals surface area contributed by atoms with E-state index < -0.39 is 17.6 Å². The molecule has 4 aromatic rings. The third kappa shape index (κ3) is 2.41. The molecular formula is C16H9BrF4N4. The maximum Gasteiger partial charge on any atom is 0.417 e. The molecule has 0 aliphatic rings. The SMILES string of the molecule is Cn1c(-c2c(F)cc3c(Br)cccn23)nc2cc(C(F)(F)F)cnc21. The first-order chi connectivity index (χ1) is 11.8. The number of imidazole rings is 1. The Morgan fingerprint density at radius 3 is 2.68 bits per heavy atom. The van der Waals surface area contributed by atoms with Crippen molar-refractivity contribution >= 4 is 32.6 Å². The van der Waals surface area contributed by atoms with Crippen molar-refractivity contribution < 1.29 is 17.6 Å². The molecule has 0 spiro atoms. The second-order valence-corrected chi connectivity index (χ2v) is 6.37. The average Bonchev–Trinajstić information content (AvgIpc) is 3.04. The molecule has 0 N–H and O–H groups in total. The van der Waals surface area contributed by atoms with Crippen molar-refractivity contribution in [2.45, 2.75) is 6.18 Å². The second kappa shape index (κ2) is 5.29. The van der Waals surface area contributed by atoms with Gasteiger partial charge in [0, 0.05) is 30.0 Å². The summed E-state index contributed by atoms with van der Waals surface area (Å²) in [4.78, 5) is 8.04. The number of alkyl halides is 3. The van der Waals surface area contributed by atoms with Crippen molar-refractivity contribution in [1.82, 2.24) is 18.9 Å². The van der Waals surface area contributed by atoms with Gasteiger partial charge in [-0.25, -0.2) is 14.4 Å². The van der Waals surface area contributed by atoms with Crippen LogP contribution in [0.2, 0.25) is 0 Å². The third-order valence-corrected chi connectivity index (χ3v) is 4.63. The highest BCUT2D eigenvalue weighted by Gasteiger charge is 2.32. The van der Waals surface area contributed by atoms with Gasteiger partial charge in [-0.3, -0.25) is 0 Å². The number of fused-ring (bicyclic) bond motifs is 2. The molecule has 0 aliphatic heterocycles. The topological polar surface area (TPSA) is 35.1 Å². The number of aromatic nitrogens is 4. The van der Waals surface area contributed by atoms with Gasteiger partial charge in [-0.05, 0) is 34.1 Å². The minimum Gasteiger partial charge on any atom is -0.310 e. The van der Waals surface area contributed by atoms with E-state index in [1.165, 1.54) is 10.6 Å². The Morgan fingerprint density at radius 2 is 1.96 bits per heavy atom. The molecule has 0 aliphatic carbocycles. The van der Waals surface area contributed by atoms with Crippen molar-refractivity contribution in [3.05, 3.63) is 52.5 Å². The monoisotopic (exact) mass is 412 g/mol. The summed E-state index contributed by atoms with van der Waals surface area (Å²) < 4.78 is 56.9. The van der Waals surface area contributed by atoms with Crippen molar-refractivity contribution in [3.63, 3.8) is 0 Å². The molecule has 0 aromatic carbocycles. The summed E-state index contributed by atoms with van der Waals surface area (Å²) in [6.07, 6.45) is -2.11. The molecule has 0 radical (unpaired) electrons. The first kappa shape index (κ1) is 16.1. The van der Waals surface area contributed by atoms with Crippen LogP contribution in [-0.2, 0) is 13.2 Å². The molecule has 0 amide bonds. The predicted molar refractivity (Wildman–Crippen MR) is 87.6 cm³/mol. The first-order valence-corrected chi connectivity index (χ1v) is 7.92. The fraction of sp³-hybridized carbons (Fsp3) is 0.125. The lowest BCUT2D eigenvalue weighted by molar-refractivity contribution is -0.137. The van der Waals surface area contributed by atoms with Crippen molar-refractivity contribution in [3.8, 4) is 11.5 Å². The smallest absolute Gasteiger partial charge is 0.310 e. The summed E-state index contributed by atoms with van der Waals surface area (Å²) >= 11 is 3.35. The maximum absolute atomic E-state index is 14.6. The van der Waals surface area contributed by atoms with Crippen molar-refractivity contribution in [2.24, 2.45) is 7.05 Å². The largest absolute Gasteiger partial charge is 0.417 e. The van der Waals surface area contributed by atoms with E-state index in [2.05, 4.69) is 25.9 Å². The van der Waals surface area contributed by atoms with E-state index in [0.29, 0.717) is 9.99 Å². The summed E-state index contributed by atoms with van der Waals surface area (Å²) in [5.74, 6) is -0.334. The highest BCUT2D eigenvalue weighted by atomic mass is 79.9. The Kier molecular flexibility index (Phi) is 3.40. The van der Waals surface area contributed by atoms with Gasteiger partial charge in [-0.15, -0.1) is 0 Å². The van der Waals surface area contributed by atoms with Gasteiger partial charge in [0.2, 0.25) is 0 Å². The Balaban J connectivity index is 2.01. The molecule has 0 saturated heterocycles. The van der Waals surface area contributed by atoms with Crippen LogP contribution in [0.1, 0.15) is 5.56 Å². The van der Waals surface area contributed by atoms with Gasteiger partial charge in [-0.2, -0.15) is 13.2 Å². The lowest BCUT2D eigenvalue weighted by Crippen LogP contribution is -2.05. The van der Waals surface area contributed by atoms with Crippen molar-refractivity contribution in [2.75, 3.05) is 0 Å². The highest BCUT2D eigenvalue weighted by molar-refractivity contribution is 9.10. The van der Waals surface area contributed by atoms with Gasteiger partial charge in [0.25, 0.3) is 0 Å². The van der Waals surface area contributed by atoms with Gasteiger partial charge in [0.1, 0.15) is 11.2 Å². The van der Waals surface area contributed by atoms with E-state index in [9.17, 15) is 17.6 Å². The number of hydrogen-bond acceptors (Lipinski definition) is 2. The number of nitrogens with zero attached hydrogens (tertiary/aromatic N) is 4. The zero-order valence-electron chi connectivity index (χ0n) is 12.6. The summed E-state index contributed by atoms with van der Waals surface area (Å²) in [5, 5.41) is 0. The Labute approximate surface area is 146 Å². The normalized spacial score (nSPS) is 12.4. The first-order valence-electron chi connectivity index (χ1n) is 7.12. The summed E-state index contributed by atoms with van der Waals surface area (Å²) in [6, 6.07) is 5.75. The van der Waals surface area contributed by atoms with Crippen LogP contribution in [0.3, 0.4) is 0 Å². The van der Waals surface area contributed by atoms with Crippen LogP contribution in [0.15, 0.2) is 41.1 Å². The zero-order chi connectivity index (χ0) is 17.9. The Bertz CT molecular complexity index is 1130. The number of halogens is 5. The molecule has 4 rings (SSSR count). The van der Waals surface area contributed by atoms with Crippen LogP contribution in [0.5, 0.6) is 0 Å². The van der Waals surface area contributed by atoms with Crippen LogP contribution in [0.4, 0.5) is 17.6 Å². The number of rotatable bonds is 1. The van der Waals surface area contributed by atoms with Gasteiger partial charge >= 0.3 is 6.18 Å². The van der Waals surface area contributed by atoms with Gasteiger partial charge in [-0.1, -0.05) is 0 Å². The fourth-order valence-electron chi connectivity index (χ4n) is 2.79. The molecule has 0 atom stereocenters. The molecule has 0 unspecified atom stereocenters. The fourth-order valence-corrected chi connectivity index (χ4v) is 3.25. The minimum absolute atomic E-state index is 0.0525. The van der Waals surface area contributed by atoms with E-state index >= 15 is 0 Å². The molecule has 4 heterocycles. The predicted octanol–water partition coefficient (Wildman–Crippen LogP) is 4.81. The molecule has 128 valence electrons. The van der Waals surface area contributed by atoms with Crippen molar-refractivity contribution in [1.29, 1.82) is 0 Å².